The molecule has 0 spiro atoms. The lowest BCUT2D eigenvalue weighted by Gasteiger charge is -2.28. The van der Waals surface area contributed by atoms with Crippen LogP contribution in [0.2, 0.25) is 0 Å². The second-order valence-electron chi connectivity index (χ2n) is 6.51. The van der Waals surface area contributed by atoms with Gasteiger partial charge in [-0.3, -0.25) is 0 Å². The molecule has 1 atom stereocenters. The molecular weight excluding hydrogens is 336 g/mol. The van der Waals surface area contributed by atoms with Gasteiger partial charge in [-0.25, -0.2) is 13.1 Å². The second-order valence-corrected chi connectivity index (χ2v) is 8.22. The standard InChI is InChI=1S/C19H24N2O3S/c1-21-11-5-8-16-9-10-18(13-19(16)21)25(23,24)20-17(14-22)12-15-6-3-2-4-7-15/h2-4,6-7,9-10,13,17,20,22H,5,8,11-12,14H2,1H3/t17-/m1/s1. The van der Waals surface area contributed by atoms with Crippen LogP contribution in [0.15, 0.2) is 53.4 Å². The van der Waals surface area contributed by atoms with Crippen molar-refractivity contribution in [1.29, 1.82) is 0 Å². The molecule has 0 radical (unpaired) electrons. The molecule has 0 bridgehead atoms. The number of aliphatic hydroxyl groups excluding tert-OH is 1. The van der Waals surface area contributed by atoms with Gasteiger partial charge >= 0.3 is 0 Å². The van der Waals surface area contributed by atoms with E-state index in [1.807, 2.05) is 43.4 Å². The Balaban J connectivity index is 1.80. The second kappa shape index (κ2) is 7.56. The fourth-order valence-electron chi connectivity index (χ4n) is 3.23. The van der Waals surface area contributed by atoms with Crippen molar-refractivity contribution in [2.24, 2.45) is 0 Å². The molecule has 1 heterocycles. The Morgan fingerprint density at radius 2 is 1.96 bits per heavy atom. The van der Waals surface area contributed by atoms with Crippen molar-refractivity contribution in [2.45, 2.75) is 30.2 Å². The van der Waals surface area contributed by atoms with Gasteiger partial charge in [0.2, 0.25) is 10.0 Å². The number of benzene rings is 2. The van der Waals surface area contributed by atoms with Crippen LogP contribution in [-0.4, -0.2) is 39.8 Å². The van der Waals surface area contributed by atoms with E-state index in [4.69, 9.17) is 0 Å². The number of hydrogen-bond donors (Lipinski definition) is 2. The van der Waals surface area contributed by atoms with E-state index >= 15 is 0 Å². The molecule has 3 rings (SSSR count). The summed E-state index contributed by atoms with van der Waals surface area (Å²) in [6.45, 7) is 0.677. The summed E-state index contributed by atoms with van der Waals surface area (Å²) in [5.74, 6) is 0. The fourth-order valence-corrected chi connectivity index (χ4v) is 4.48. The van der Waals surface area contributed by atoms with E-state index < -0.39 is 16.1 Å². The van der Waals surface area contributed by atoms with Gasteiger partial charge in [0.1, 0.15) is 0 Å². The van der Waals surface area contributed by atoms with E-state index in [0.717, 1.165) is 30.6 Å². The lowest BCUT2D eigenvalue weighted by atomic mass is 10.0. The molecule has 2 aromatic rings. The first kappa shape index (κ1) is 17.9. The van der Waals surface area contributed by atoms with Gasteiger partial charge in [0, 0.05) is 25.3 Å². The number of nitrogens with one attached hydrogen (secondary N) is 1. The number of hydrogen-bond acceptors (Lipinski definition) is 4. The molecule has 5 nitrogen and oxygen atoms in total. The first-order chi connectivity index (χ1) is 12.0. The zero-order valence-corrected chi connectivity index (χ0v) is 15.2. The van der Waals surface area contributed by atoms with Crippen molar-refractivity contribution < 1.29 is 13.5 Å². The minimum Gasteiger partial charge on any atom is -0.395 e. The third-order valence-corrected chi connectivity index (χ3v) is 6.10. The fraction of sp³-hybridized carbons (Fsp3) is 0.368. The molecule has 0 aliphatic carbocycles. The van der Waals surface area contributed by atoms with Gasteiger partial charge < -0.3 is 10.0 Å². The van der Waals surface area contributed by atoms with Crippen LogP contribution >= 0.6 is 0 Å². The Bertz CT molecular complexity index is 822. The third-order valence-electron chi connectivity index (χ3n) is 4.59. The van der Waals surface area contributed by atoms with Gasteiger partial charge in [0.15, 0.2) is 0 Å². The number of fused-ring (bicyclic) bond motifs is 1. The molecule has 0 aromatic heterocycles. The summed E-state index contributed by atoms with van der Waals surface area (Å²) in [7, 11) is -1.71. The molecule has 0 saturated carbocycles. The first-order valence-electron chi connectivity index (χ1n) is 8.51. The smallest absolute Gasteiger partial charge is 0.240 e. The molecule has 0 saturated heterocycles. The van der Waals surface area contributed by atoms with E-state index in [1.54, 1.807) is 12.1 Å². The molecule has 25 heavy (non-hydrogen) atoms. The van der Waals surface area contributed by atoms with Crippen molar-refractivity contribution in [2.75, 3.05) is 25.1 Å². The highest BCUT2D eigenvalue weighted by atomic mass is 32.2. The number of anilines is 1. The molecule has 0 amide bonds. The van der Waals surface area contributed by atoms with Crippen molar-refractivity contribution in [3.8, 4) is 0 Å². The van der Waals surface area contributed by atoms with E-state index in [0.29, 0.717) is 6.42 Å². The first-order valence-corrected chi connectivity index (χ1v) is 9.99. The maximum absolute atomic E-state index is 12.7. The molecule has 1 aliphatic rings. The molecule has 0 unspecified atom stereocenters. The van der Waals surface area contributed by atoms with Gasteiger partial charge in [-0.05, 0) is 42.5 Å². The summed E-state index contributed by atoms with van der Waals surface area (Å²) in [6, 6.07) is 14.3. The highest BCUT2D eigenvalue weighted by Gasteiger charge is 2.23. The number of nitrogens with zero attached hydrogens (tertiary/aromatic N) is 1. The van der Waals surface area contributed by atoms with Crippen LogP contribution in [0.4, 0.5) is 5.69 Å². The molecular formula is C19H24N2O3S. The van der Waals surface area contributed by atoms with E-state index in [9.17, 15) is 13.5 Å². The minimum atomic E-state index is -3.69. The van der Waals surface area contributed by atoms with Gasteiger partial charge in [-0.15, -0.1) is 0 Å². The average molecular weight is 360 g/mol. The lowest BCUT2D eigenvalue weighted by Crippen LogP contribution is -2.39. The molecule has 2 aromatic carbocycles. The van der Waals surface area contributed by atoms with Crippen LogP contribution < -0.4 is 9.62 Å². The van der Waals surface area contributed by atoms with Gasteiger partial charge in [-0.2, -0.15) is 0 Å². The Kier molecular flexibility index (Phi) is 5.42. The van der Waals surface area contributed by atoms with Crippen LogP contribution in [0.3, 0.4) is 0 Å². The average Bonchev–Trinajstić information content (AvgIpc) is 2.62. The van der Waals surface area contributed by atoms with E-state index in [1.165, 1.54) is 5.56 Å². The predicted octanol–water partition coefficient (Wildman–Crippen LogP) is 1.95. The maximum atomic E-state index is 12.7. The van der Waals surface area contributed by atoms with Gasteiger partial charge in [0.25, 0.3) is 0 Å². The summed E-state index contributed by atoms with van der Waals surface area (Å²) >= 11 is 0. The number of aliphatic hydroxyl groups is 1. The van der Waals surface area contributed by atoms with Crippen LogP contribution in [0.25, 0.3) is 0 Å². The molecule has 6 heteroatoms. The third kappa shape index (κ3) is 4.21. The molecule has 2 N–H and O–H groups in total. The summed E-state index contributed by atoms with van der Waals surface area (Å²) in [4.78, 5) is 2.33. The van der Waals surface area contributed by atoms with Gasteiger partial charge in [-0.1, -0.05) is 36.4 Å². The van der Waals surface area contributed by atoms with Crippen LogP contribution in [0.5, 0.6) is 0 Å². The Hall–Kier alpha value is -1.89. The summed E-state index contributed by atoms with van der Waals surface area (Å²) < 4.78 is 28.1. The Labute approximate surface area is 149 Å². The van der Waals surface area contributed by atoms with E-state index in [-0.39, 0.29) is 11.5 Å². The summed E-state index contributed by atoms with van der Waals surface area (Å²) in [5, 5.41) is 9.60. The predicted molar refractivity (Wildman–Crippen MR) is 99.4 cm³/mol. The largest absolute Gasteiger partial charge is 0.395 e. The number of rotatable bonds is 6. The normalized spacial score (nSPS) is 15.7. The van der Waals surface area contributed by atoms with Crippen molar-refractivity contribution in [3.05, 3.63) is 59.7 Å². The topological polar surface area (TPSA) is 69.6 Å². The van der Waals surface area contributed by atoms with Crippen molar-refractivity contribution >= 4 is 15.7 Å². The zero-order valence-electron chi connectivity index (χ0n) is 14.4. The van der Waals surface area contributed by atoms with Crippen LogP contribution in [-0.2, 0) is 22.9 Å². The molecule has 1 aliphatic heterocycles. The minimum absolute atomic E-state index is 0.242. The highest BCUT2D eigenvalue weighted by molar-refractivity contribution is 7.89. The summed E-state index contributed by atoms with van der Waals surface area (Å²) in [5.41, 5.74) is 3.13. The van der Waals surface area contributed by atoms with Crippen molar-refractivity contribution in [3.63, 3.8) is 0 Å². The maximum Gasteiger partial charge on any atom is 0.240 e. The van der Waals surface area contributed by atoms with Crippen LogP contribution in [0, 0.1) is 0 Å². The van der Waals surface area contributed by atoms with Gasteiger partial charge in [0.05, 0.1) is 11.5 Å². The monoisotopic (exact) mass is 360 g/mol. The number of aryl methyl sites for hydroxylation is 1. The van der Waals surface area contributed by atoms with E-state index in [2.05, 4.69) is 9.62 Å². The lowest BCUT2D eigenvalue weighted by molar-refractivity contribution is 0.256. The highest BCUT2D eigenvalue weighted by Crippen LogP contribution is 2.28. The zero-order chi connectivity index (χ0) is 17.9. The Morgan fingerprint density at radius 3 is 2.68 bits per heavy atom. The quantitative estimate of drug-likeness (QED) is 0.826. The SMILES string of the molecule is CN1CCCc2ccc(S(=O)(=O)N[C@@H](CO)Cc3ccccc3)cc21. The van der Waals surface area contributed by atoms with Crippen LogP contribution in [0.1, 0.15) is 17.5 Å². The van der Waals surface area contributed by atoms with Crippen molar-refractivity contribution in [1.82, 2.24) is 4.72 Å². The molecule has 134 valence electrons. The number of sulfonamides is 1. The summed E-state index contributed by atoms with van der Waals surface area (Å²) in [6.07, 6.45) is 2.50. The Morgan fingerprint density at radius 1 is 1.20 bits per heavy atom. The molecule has 0 fully saturated rings.